The van der Waals surface area contributed by atoms with Crippen LogP contribution in [0, 0.1) is 0 Å². The van der Waals surface area contributed by atoms with Crippen molar-refractivity contribution in [2.75, 3.05) is 25.0 Å². The molecule has 1 aliphatic heterocycles. The first-order valence-corrected chi connectivity index (χ1v) is 11.6. The predicted molar refractivity (Wildman–Crippen MR) is 125 cm³/mol. The Morgan fingerprint density at radius 3 is 2.56 bits per heavy atom. The van der Waals surface area contributed by atoms with E-state index in [4.69, 9.17) is 4.74 Å². The van der Waals surface area contributed by atoms with Crippen molar-refractivity contribution >= 4 is 46.3 Å². The molecule has 0 fully saturated rings. The SMILES string of the molecule is CCC(C)NC(=O)COC(=O)c1cccc(NC(=O)CC2SC(N(CC)CC)=NC2=O)c1. The van der Waals surface area contributed by atoms with Gasteiger partial charge >= 0.3 is 5.97 Å². The number of hydrogen-bond acceptors (Lipinski definition) is 7. The van der Waals surface area contributed by atoms with Gasteiger partial charge in [-0.2, -0.15) is 4.99 Å². The van der Waals surface area contributed by atoms with Crippen molar-refractivity contribution in [2.45, 2.75) is 51.8 Å². The number of carbonyl (C=O) groups excluding carboxylic acids is 4. The Kier molecular flexibility index (Phi) is 9.70. The van der Waals surface area contributed by atoms with E-state index in [1.807, 2.05) is 32.6 Å². The number of nitrogens with zero attached hydrogens (tertiary/aromatic N) is 2. The predicted octanol–water partition coefficient (Wildman–Crippen LogP) is 2.43. The summed E-state index contributed by atoms with van der Waals surface area (Å²) >= 11 is 1.29. The number of anilines is 1. The van der Waals surface area contributed by atoms with Crippen molar-refractivity contribution in [3.63, 3.8) is 0 Å². The van der Waals surface area contributed by atoms with Crippen molar-refractivity contribution in [3.8, 4) is 0 Å². The number of rotatable bonds is 10. The van der Waals surface area contributed by atoms with Crippen LogP contribution < -0.4 is 10.6 Å². The molecule has 32 heavy (non-hydrogen) atoms. The average molecular weight is 463 g/mol. The number of benzene rings is 1. The number of aliphatic imine (C=N–C) groups is 1. The molecule has 1 aliphatic rings. The zero-order valence-corrected chi connectivity index (χ0v) is 19.7. The van der Waals surface area contributed by atoms with Gasteiger partial charge in [-0.05, 0) is 45.4 Å². The van der Waals surface area contributed by atoms with Crippen LogP contribution in [-0.4, -0.2) is 64.7 Å². The average Bonchev–Trinajstić information content (AvgIpc) is 3.12. The van der Waals surface area contributed by atoms with Gasteiger partial charge in [0.25, 0.3) is 11.8 Å². The second kappa shape index (κ2) is 12.2. The van der Waals surface area contributed by atoms with Crippen LogP contribution in [0.15, 0.2) is 29.3 Å². The summed E-state index contributed by atoms with van der Waals surface area (Å²) in [4.78, 5) is 54.6. The van der Waals surface area contributed by atoms with Crippen LogP contribution >= 0.6 is 11.8 Å². The van der Waals surface area contributed by atoms with Gasteiger partial charge in [0.05, 0.1) is 5.56 Å². The molecule has 2 rings (SSSR count). The van der Waals surface area contributed by atoms with Gasteiger partial charge in [0.2, 0.25) is 5.91 Å². The third-order valence-corrected chi connectivity index (χ3v) is 6.08. The van der Waals surface area contributed by atoms with Crippen molar-refractivity contribution in [3.05, 3.63) is 29.8 Å². The number of esters is 1. The summed E-state index contributed by atoms with van der Waals surface area (Å²) in [7, 11) is 0. The van der Waals surface area contributed by atoms with E-state index in [-0.39, 0.29) is 42.4 Å². The molecule has 1 aromatic carbocycles. The molecule has 10 heteroatoms. The normalized spacial score (nSPS) is 16.2. The summed E-state index contributed by atoms with van der Waals surface area (Å²) in [6.07, 6.45) is 0.748. The summed E-state index contributed by atoms with van der Waals surface area (Å²) in [5.74, 6) is -1.72. The molecule has 0 spiro atoms. The van der Waals surface area contributed by atoms with Crippen molar-refractivity contribution < 1.29 is 23.9 Å². The molecular weight excluding hydrogens is 432 g/mol. The first-order chi connectivity index (χ1) is 15.3. The van der Waals surface area contributed by atoms with E-state index in [2.05, 4.69) is 15.6 Å². The minimum absolute atomic E-state index is 0.00171. The third kappa shape index (κ3) is 7.37. The number of nitrogens with one attached hydrogen (secondary N) is 2. The highest BCUT2D eigenvalue weighted by atomic mass is 32.2. The summed E-state index contributed by atoms with van der Waals surface area (Å²) < 4.78 is 5.04. The maximum absolute atomic E-state index is 12.4. The van der Waals surface area contributed by atoms with Crippen LogP contribution in [0.1, 0.15) is 50.9 Å². The molecular formula is C22H30N4O5S. The van der Waals surface area contributed by atoms with E-state index in [9.17, 15) is 19.2 Å². The van der Waals surface area contributed by atoms with Gasteiger partial charge in [0.1, 0.15) is 5.25 Å². The van der Waals surface area contributed by atoms with E-state index in [1.165, 1.54) is 23.9 Å². The molecule has 3 amide bonds. The molecule has 0 bridgehead atoms. The van der Waals surface area contributed by atoms with Gasteiger partial charge in [-0.25, -0.2) is 4.79 Å². The van der Waals surface area contributed by atoms with Gasteiger partial charge in [0.15, 0.2) is 11.8 Å². The zero-order chi connectivity index (χ0) is 23.7. The second-order valence-corrected chi connectivity index (χ2v) is 8.47. The molecule has 0 saturated heterocycles. The number of amides is 3. The van der Waals surface area contributed by atoms with Crippen molar-refractivity contribution in [1.29, 1.82) is 0 Å². The quantitative estimate of drug-likeness (QED) is 0.513. The van der Waals surface area contributed by atoms with Crippen LogP contribution in [0.2, 0.25) is 0 Å². The Balaban J connectivity index is 1.88. The fraction of sp³-hybridized carbons (Fsp3) is 0.500. The maximum atomic E-state index is 12.4. The highest BCUT2D eigenvalue weighted by molar-refractivity contribution is 8.15. The number of carbonyl (C=O) groups is 4. The van der Waals surface area contributed by atoms with Gasteiger partial charge < -0.3 is 20.3 Å². The molecule has 2 atom stereocenters. The van der Waals surface area contributed by atoms with E-state index >= 15 is 0 Å². The van der Waals surface area contributed by atoms with Gasteiger partial charge in [0, 0.05) is 31.2 Å². The van der Waals surface area contributed by atoms with Crippen LogP contribution in [-0.2, 0) is 19.1 Å². The molecule has 1 heterocycles. The number of ether oxygens (including phenoxy) is 1. The van der Waals surface area contributed by atoms with E-state index in [1.54, 1.807) is 12.1 Å². The Morgan fingerprint density at radius 1 is 1.19 bits per heavy atom. The highest BCUT2D eigenvalue weighted by Gasteiger charge is 2.32. The van der Waals surface area contributed by atoms with Gasteiger partial charge in [-0.3, -0.25) is 14.4 Å². The second-order valence-electron chi connectivity index (χ2n) is 7.30. The fourth-order valence-corrected chi connectivity index (χ4v) is 4.07. The van der Waals surface area contributed by atoms with Crippen molar-refractivity contribution in [2.24, 2.45) is 4.99 Å². The smallest absolute Gasteiger partial charge is 0.338 e. The largest absolute Gasteiger partial charge is 0.452 e. The molecule has 0 radical (unpaired) electrons. The minimum atomic E-state index is -0.667. The highest BCUT2D eigenvalue weighted by Crippen LogP contribution is 2.27. The van der Waals surface area contributed by atoms with E-state index in [0.29, 0.717) is 10.9 Å². The lowest BCUT2D eigenvalue weighted by atomic mass is 10.2. The summed E-state index contributed by atoms with van der Waals surface area (Å²) in [6, 6.07) is 6.23. The first kappa shape index (κ1) is 25.4. The first-order valence-electron chi connectivity index (χ1n) is 10.7. The van der Waals surface area contributed by atoms with Crippen LogP contribution in [0.3, 0.4) is 0 Å². The molecule has 2 N–H and O–H groups in total. The Labute approximate surface area is 192 Å². The topological polar surface area (TPSA) is 117 Å². The van der Waals surface area contributed by atoms with Crippen LogP contribution in [0.5, 0.6) is 0 Å². The number of amidine groups is 1. The molecule has 0 aromatic heterocycles. The Bertz CT molecular complexity index is 885. The molecule has 174 valence electrons. The fourth-order valence-electron chi connectivity index (χ4n) is 2.88. The number of thioether (sulfide) groups is 1. The number of hydrogen-bond donors (Lipinski definition) is 2. The molecule has 2 unspecified atom stereocenters. The van der Waals surface area contributed by atoms with E-state index in [0.717, 1.165) is 19.5 Å². The Hall–Kier alpha value is -2.88. The van der Waals surface area contributed by atoms with E-state index < -0.39 is 11.2 Å². The lowest BCUT2D eigenvalue weighted by molar-refractivity contribution is -0.124. The maximum Gasteiger partial charge on any atom is 0.338 e. The lowest BCUT2D eigenvalue weighted by Gasteiger charge is -2.19. The monoisotopic (exact) mass is 462 g/mol. The van der Waals surface area contributed by atoms with Crippen LogP contribution in [0.25, 0.3) is 0 Å². The lowest BCUT2D eigenvalue weighted by Crippen LogP contribution is -2.35. The summed E-state index contributed by atoms with van der Waals surface area (Å²) in [6.45, 7) is 8.85. The van der Waals surface area contributed by atoms with Crippen LogP contribution in [0.4, 0.5) is 5.69 Å². The van der Waals surface area contributed by atoms with Crippen molar-refractivity contribution in [1.82, 2.24) is 10.2 Å². The minimum Gasteiger partial charge on any atom is -0.452 e. The molecule has 9 nitrogen and oxygen atoms in total. The summed E-state index contributed by atoms with van der Waals surface area (Å²) in [5.41, 5.74) is 0.603. The molecule has 0 aliphatic carbocycles. The summed E-state index contributed by atoms with van der Waals surface area (Å²) in [5, 5.41) is 5.49. The standard InChI is InChI=1S/C22H30N4O5S/c1-5-14(4)23-19(28)13-31-21(30)15-9-8-10-16(11-15)24-18(27)12-17-20(29)25-22(32-17)26(6-2)7-3/h8-11,14,17H,5-7,12-13H2,1-4H3,(H,23,28)(H,24,27). The van der Waals surface area contributed by atoms with Gasteiger partial charge in [-0.1, -0.05) is 24.8 Å². The van der Waals surface area contributed by atoms with Gasteiger partial charge in [-0.15, -0.1) is 0 Å². The third-order valence-electron chi connectivity index (χ3n) is 4.87. The Morgan fingerprint density at radius 2 is 1.91 bits per heavy atom. The molecule has 1 aromatic rings. The molecule has 0 saturated carbocycles. The zero-order valence-electron chi connectivity index (χ0n) is 18.8.